The van der Waals surface area contributed by atoms with E-state index >= 15 is 0 Å². The van der Waals surface area contributed by atoms with Crippen LogP contribution < -0.4 is 21.3 Å². The SMILES string of the molecule is O=C(O)CCC(NC(=O)C(Cc1ccc(O)cc1)NC(=O)C1CCCN1)C(=O)NC(Cc1ccc(O)cc1)C(=O)O. The highest BCUT2D eigenvalue weighted by molar-refractivity contribution is 5.94. The Morgan fingerprint density at radius 3 is 1.76 bits per heavy atom. The second-order valence-electron chi connectivity index (χ2n) is 9.84. The van der Waals surface area contributed by atoms with Crippen LogP contribution >= 0.6 is 0 Å². The molecular weight excluding hydrogens is 536 g/mol. The van der Waals surface area contributed by atoms with E-state index in [4.69, 9.17) is 0 Å². The van der Waals surface area contributed by atoms with Crippen LogP contribution in [0.1, 0.15) is 36.8 Å². The molecule has 0 aromatic heterocycles. The average Bonchev–Trinajstić information content (AvgIpc) is 3.47. The lowest BCUT2D eigenvalue weighted by atomic mass is 10.0. The summed E-state index contributed by atoms with van der Waals surface area (Å²) in [6, 6.07) is 7.27. The van der Waals surface area contributed by atoms with Gasteiger partial charge >= 0.3 is 11.9 Å². The van der Waals surface area contributed by atoms with Gasteiger partial charge in [0.1, 0.15) is 29.6 Å². The fourth-order valence-corrected chi connectivity index (χ4v) is 4.41. The number of benzene rings is 2. The summed E-state index contributed by atoms with van der Waals surface area (Å²) >= 11 is 0. The molecule has 4 atom stereocenters. The van der Waals surface area contributed by atoms with Crippen LogP contribution in [0, 0.1) is 0 Å². The van der Waals surface area contributed by atoms with Crippen LogP contribution in [-0.4, -0.2) is 80.8 Å². The van der Waals surface area contributed by atoms with Crippen LogP contribution in [0.15, 0.2) is 48.5 Å². The molecule has 13 nitrogen and oxygen atoms in total. The molecule has 0 saturated carbocycles. The molecule has 0 spiro atoms. The van der Waals surface area contributed by atoms with Crippen LogP contribution in [0.25, 0.3) is 0 Å². The van der Waals surface area contributed by atoms with Gasteiger partial charge in [-0.1, -0.05) is 24.3 Å². The van der Waals surface area contributed by atoms with E-state index < -0.39 is 60.2 Å². The smallest absolute Gasteiger partial charge is 0.326 e. The maximum absolute atomic E-state index is 13.4. The Balaban J connectivity index is 1.77. The van der Waals surface area contributed by atoms with Gasteiger partial charge in [-0.2, -0.15) is 0 Å². The molecule has 41 heavy (non-hydrogen) atoms. The number of aliphatic carboxylic acids is 2. The van der Waals surface area contributed by atoms with E-state index in [0.29, 0.717) is 24.1 Å². The van der Waals surface area contributed by atoms with Crippen molar-refractivity contribution in [3.63, 3.8) is 0 Å². The normalized spacial score (nSPS) is 16.6. The van der Waals surface area contributed by atoms with Gasteiger partial charge < -0.3 is 41.7 Å². The zero-order valence-corrected chi connectivity index (χ0v) is 22.2. The summed E-state index contributed by atoms with van der Waals surface area (Å²) in [4.78, 5) is 62.5. The minimum absolute atomic E-state index is 0.0104. The number of carboxylic acids is 2. The summed E-state index contributed by atoms with van der Waals surface area (Å²) in [5.74, 6) is -4.65. The Kier molecular flexibility index (Phi) is 11.0. The molecule has 13 heteroatoms. The summed E-state index contributed by atoms with van der Waals surface area (Å²) in [6.07, 6.45) is 0.433. The van der Waals surface area contributed by atoms with E-state index in [-0.39, 0.29) is 30.8 Å². The highest BCUT2D eigenvalue weighted by Gasteiger charge is 2.32. The molecule has 1 saturated heterocycles. The van der Waals surface area contributed by atoms with Crippen LogP contribution in [0.2, 0.25) is 0 Å². The molecule has 0 radical (unpaired) electrons. The Hall–Kier alpha value is -4.65. The summed E-state index contributed by atoms with van der Waals surface area (Å²) < 4.78 is 0. The van der Waals surface area contributed by atoms with Crippen molar-refractivity contribution in [2.24, 2.45) is 0 Å². The predicted octanol–water partition coefficient (Wildman–Crippen LogP) is 0.0388. The third-order valence-electron chi connectivity index (χ3n) is 6.66. The van der Waals surface area contributed by atoms with E-state index in [1.807, 2.05) is 0 Å². The third-order valence-corrected chi connectivity index (χ3v) is 6.66. The van der Waals surface area contributed by atoms with Crippen molar-refractivity contribution >= 4 is 29.7 Å². The van der Waals surface area contributed by atoms with Crippen molar-refractivity contribution < 1.29 is 44.4 Å². The number of carbonyl (C=O) groups excluding carboxylic acids is 3. The number of phenols is 2. The molecule has 8 N–H and O–H groups in total. The lowest BCUT2D eigenvalue weighted by Crippen LogP contribution is -2.57. The van der Waals surface area contributed by atoms with Gasteiger partial charge in [0.15, 0.2) is 0 Å². The molecule has 1 fully saturated rings. The van der Waals surface area contributed by atoms with Crippen molar-refractivity contribution in [2.45, 2.75) is 62.7 Å². The quantitative estimate of drug-likeness (QED) is 0.153. The zero-order chi connectivity index (χ0) is 29.9. The fourth-order valence-electron chi connectivity index (χ4n) is 4.41. The zero-order valence-electron chi connectivity index (χ0n) is 22.2. The number of carboxylic acid groups (broad SMARTS) is 2. The first-order chi connectivity index (χ1) is 19.5. The number of aromatic hydroxyl groups is 2. The number of amides is 3. The molecule has 3 rings (SSSR count). The standard InChI is InChI=1S/C28H34N4O9/c33-18-7-3-16(4-8-18)14-22(31-25(37)20-2-1-13-29-20)27(39)30-21(11-12-24(35)36)26(38)32-23(28(40)41)15-17-5-9-19(34)10-6-17/h3-10,20-23,29,33-34H,1-2,11-15H2,(H,30,39)(H,31,37)(H,32,38)(H,35,36)(H,40,41). The van der Waals surface area contributed by atoms with Crippen LogP contribution in [0.5, 0.6) is 11.5 Å². The third kappa shape index (κ3) is 9.80. The van der Waals surface area contributed by atoms with Gasteiger partial charge in [0.25, 0.3) is 0 Å². The van der Waals surface area contributed by atoms with Crippen LogP contribution in [-0.2, 0) is 36.8 Å². The van der Waals surface area contributed by atoms with Crippen molar-refractivity contribution in [3.8, 4) is 11.5 Å². The Morgan fingerprint density at radius 1 is 0.756 bits per heavy atom. The molecule has 1 heterocycles. The number of hydrogen-bond donors (Lipinski definition) is 8. The largest absolute Gasteiger partial charge is 0.508 e. The number of phenolic OH excluding ortho intramolecular Hbond substituents is 2. The van der Waals surface area contributed by atoms with Crippen LogP contribution in [0.4, 0.5) is 0 Å². The summed E-state index contributed by atoms with van der Waals surface area (Å²) in [5, 5.41) is 48.5. The molecule has 1 aliphatic heterocycles. The number of rotatable bonds is 14. The highest BCUT2D eigenvalue weighted by atomic mass is 16.4. The average molecular weight is 571 g/mol. The monoisotopic (exact) mass is 570 g/mol. The predicted molar refractivity (Wildman–Crippen MR) is 145 cm³/mol. The molecule has 4 unspecified atom stereocenters. The van der Waals surface area contributed by atoms with E-state index in [2.05, 4.69) is 21.3 Å². The van der Waals surface area contributed by atoms with Crippen molar-refractivity contribution in [3.05, 3.63) is 59.7 Å². The first-order valence-corrected chi connectivity index (χ1v) is 13.2. The fraction of sp³-hybridized carbons (Fsp3) is 0.393. The van der Waals surface area contributed by atoms with Gasteiger partial charge in [-0.05, 0) is 61.2 Å². The first-order valence-electron chi connectivity index (χ1n) is 13.2. The summed E-state index contributed by atoms with van der Waals surface area (Å²) in [6.45, 7) is 0.652. The molecule has 0 bridgehead atoms. The highest BCUT2D eigenvalue weighted by Crippen LogP contribution is 2.14. The second-order valence-corrected chi connectivity index (χ2v) is 9.84. The topological polar surface area (TPSA) is 214 Å². The minimum Gasteiger partial charge on any atom is -0.508 e. The Morgan fingerprint density at radius 2 is 1.27 bits per heavy atom. The van der Waals surface area contributed by atoms with E-state index in [1.165, 1.54) is 36.4 Å². The first kappa shape index (κ1) is 30.9. The number of nitrogens with one attached hydrogen (secondary N) is 4. The second kappa shape index (κ2) is 14.7. The van der Waals surface area contributed by atoms with Gasteiger partial charge in [-0.15, -0.1) is 0 Å². The van der Waals surface area contributed by atoms with Crippen LogP contribution in [0.3, 0.4) is 0 Å². The van der Waals surface area contributed by atoms with E-state index in [1.54, 1.807) is 12.1 Å². The van der Waals surface area contributed by atoms with Gasteiger partial charge in [0.05, 0.1) is 6.04 Å². The number of hydrogen-bond acceptors (Lipinski definition) is 8. The molecular formula is C28H34N4O9. The molecule has 220 valence electrons. The Labute approximate surface area is 236 Å². The van der Waals surface area contributed by atoms with Gasteiger partial charge in [-0.3, -0.25) is 19.2 Å². The molecule has 1 aliphatic rings. The minimum atomic E-state index is -1.41. The van der Waals surface area contributed by atoms with Gasteiger partial charge in [0, 0.05) is 19.3 Å². The van der Waals surface area contributed by atoms with Crippen molar-refractivity contribution in [1.29, 1.82) is 0 Å². The maximum atomic E-state index is 13.4. The van der Waals surface area contributed by atoms with Crippen molar-refractivity contribution in [1.82, 2.24) is 21.3 Å². The lowest BCUT2D eigenvalue weighted by Gasteiger charge is -2.25. The number of carbonyl (C=O) groups is 5. The molecule has 2 aromatic carbocycles. The summed E-state index contributed by atoms with van der Waals surface area (Å²) in [7, 11) is 0. The molecule has 2 aromatic rings. The van der Waals surface area contributed by atoms with E-state index in [9.17, 15) is 44.4 Å². The van der Waals surface area contributed by atoms with Gasteiger partial charge in [-0.25, -0.2) is 4.79 Å². The van der Waals surface area contributed by atoms with Gasteiger partial charge in [0.2, 0.25) is 17.7 Å². The lowest BCUT2D eigenvalue weighted by molar-refractivity contribution is -0.143. The Bertz CT molecular complexity index is 1230. The van der Waals surface area contributed by atoms with Crippen molar-refractivity contribution in [2.75, 3.05) is 6.54 Å². The molecule has 3 amide bonds. The van der Waals surface area contributed by atoms with E-state index in [0.717, 1.165) is 6.42 Å². The maximum Gasteiger partial charge on any atom is 0.326 e. The summed E-state index contributed by atoms with van der Waals surface area (Å²) in [5.41, 5.74) is 1.12. The molecule has 0 aliphatic carbocycles.